The van der Waals surface area contributed by atoms with Crippen LogP contribution in [0.5, 0.6) is 0 Å². The normalized spacial score (nSPS) is 15.9. The van der Waals surface area contributed by atoms with Gasteiger partial charge in [-0.25, -0.2) is 4.79 Å². The standard InChI is InChI=1S/C21H23N3O4/c1-13-8-9-15(21(27)28-3)11-17(13)22-12-20(26)24-14(2)10-19(25)23-16-6-4-5-7-18(16)24/h4-9,11,14,22H,10,12H2,1-3H3,(H,23,25)/t14-/m1/s1. The van der Waals surface area contributed by atoms with Gasteiger partial charge in [-0.05, 0) is 43.7 Å². The number of esters is 1. The van der Waals surface area contributed by atoms with Gasteiger partial charge in [0.2, 0.25) is 11.8 Å². The molecule has 0 aliphatic carbocycles. The van der Waals surface area contributed by atoms with Crippen LogP contribution in [0.25, 0.3) is 0 Å². The van der Waals surface area contributed by atoms with Gasteiger partial charge in [-0.15, -0.1) is 0 Å². The summed E-state index contributed by atoms with van der Waals surface area (Å²) in [7, 11) is 1.33. The van der Waals surface area contributed by atoms with Gasteiger partial charge < -0.3 is 20.3 Å². The van der Waals surface area contributed by atoms with E-state index < -0.39 is 5.97 Å². The van der Waals surface area contributed by atoms with Crippen molar-refractivity contribution in [1.29, 1.82) is 0 Å². The predicted molar refractivity (Wildman–Crippen MR) is 108 cm³/mol. The van der Waals surface area contributed by atoms with Crippen LogP contribution in [0.15, 0.2) is 42.5 Å². The van der Waals surface area contributed by atoms with E-state index in [1.165, 1.54) is 7.11 Å². The van der Waals surface area contributed by atoms with E-state index in [0.717, 1.165) is 5.56 Å². The number of hydrogen-bond acceptors (Lipinski definition) is 5. The maximum Gasteiger partial charge on any atom is 0.337 e. The van der Waals surface area contributed by atoms with Crippen molar-refractivity contribution in [2.24, 2.45) is 0 Å². The highest BCUT2D eigenvalue weighted by Crippen LogP contribution is 2.31. The fourth-order valence-electron chi connectivity index (χ4n) is 3.28. The van der Waals surface area contributed by atoms with Gasteiger partial charge in [-0.2, -0.15) is 0 Å². The van der Waals surface area contributed by atoms with E-state index in [9.17, 15) is 14.4 Å². The van der Waals surface area contributed by atoms with Crippen molar-refractivity contribution in [2.75, 3.05) is 29.2 Å². The van der Waals surface area contributed by atoms with Crippen LogP contribution in [0.2, 0.25) is 0 Å². The van der Waals surface area contributed by atoms with Gasteiger partial charge >= 0.3 is 5.97 Å². The average molecular weight is 381 g/mol. The van der Waals surface area contributed by atoms with Crippen LogP contribution in [0.1, 0.15) is 29.3 Å². The Kier molecular flexibility index (Phi) is 5.63. The molecule has 2 aromatic rings. The van der Waals surface area contributed by atoms with E-state index >= 15 is 0 Å². The van der Waals surface area contributed by atoms with Gasteiger partial charge in [0.1, 0.15) is 0 Å². The summed E-state index contributed by atoms with van der Waals surface area (Å²) in [6.07, 6.45) is 0.220. The highest BCUT2D eigenvalue weighted by Gasteiger charge is 2.29. The van der Waals surface area contributed by atoms with E-state index in [4.69, 9.17) is 4.74 Å². The van der Waals surface area contributed by atoms with Crippen LogP contribution in [0, 0.1) is 6.92 Å². The zero-order chi connectivity index (χ0) is 20.3. The average Bonchev–Trinajstić information content (AvgIpc) is 2.80. The van der Waals surface area contributed by atoms with Gasteiger partial charge in [-0.1, -0.05) is 18.2 Å². The Morgan fingerprint density at radius 2 is 2.00 bits per heavy atom. The van der Waals surface area contributed by atoms with Gasteiger partial charge in [0.15, 0.2) is 0 Å². The number of nitrogens with one attached hydrogen (secondary N) is 2. The number of aryl methyl sites for hydroxylation is 1. The first-order chi connectivity index (χ1) is 13.4. The largest absolute Gasteiger partial charge is 0.465 e. The molecule has 1 atom stereocenters. The van der Waals surface area contributed by atoms with Gasteiger partial charge in [0, 0.05) is 18.2 Å². The summed E-state index contributed by atoms with van der Waals surface area (Å²) in [6.45, 7) is 3.77. The zero-order valence-electron chi connectivity index (χ0n) is 16.1. The van der Waals surface area contributed by atoms with E-state index in [2.05, 4.69) is 10.6 Å². The van der Waals surface area contributed by atoms with Gasteiger partial charge in [-0.3, -0.25) is 9.59 Å². The first-order valence-corrected chi connectivity index (χ1v) is 9.04. The van der Waals surface area contributed by atoms with Crippen molar-refractivity contribution in [3.63, 3.8) is 0 Å². The Bertz CT molecular complexity index is 926. The predicted octanol–water partition coefficient (Wildman–Crippen LogP) is 2.96. The summed E-state index contributed by atoms with van der Waals surface area (Å²) >= 11 is 0. The molecule has 7 heteroatoms. The van der Waals surface area contributed by atoms with Crippen LogP contribution in [0.4, 0.5) is 17.1 Å². The van der Waals surface area contributed by atoms with Crippen LogP contribution in [-0.4, -0.2) is 37.5 Å². The number of hydrogen-bond donors (Lipinski definition) is 2. The number of ether oxygens (including phenoxy) is 1. The lowest BCUT2D eigenvalue weighted by Crippen LogP contribution is -2.42. The van der Waals surface area contributed by atoms with Gasteiger partial charge in [0.25, 0.3) is 0 Å². The van der Waals surface area contributed by atoms with Crippen LogP contribution >= 0.6 is 0 Å². The number of amides is 2. The lowest BCUT2D eigenvalue weighted by molar-refractivity contribution is -0.118. The molecule has 2 N–H and O–H groups in total. The molecule has 0 radical (unpaired) electrons. The van der Waals surface area contributed by atoms with Crippen LogP contribution < -0.4 is 15.5 Å². The maximum atomic E-state index is 13.0. The molecule has 1 heterocycles. The topological polar surface area (TPSA) is 87.7 Å². The number of carbonyl (C=O) groups is 3. The number of para-hydroxylation sites is 2. The Balaban J connectivity index is 1.81. The zero-order valence-corrected chi connectivity index (χ0v) is 16.1. The smallest absolute Gasteiger partial charge is 0.337 e. The SMILES string of the molecule is COC(=O)c1ccc(C)c(NCC(=O)N2c3ccccc3NC(=O)C[C@H]2C)c1. The molecule has 0 spiro atoms. The summed E-state index contributed by atoms with van der Waals surface area (Å²) in [5.41, 5.74) is 3.29. The van der Waals surface area contributed by atoms with Crippen LogP contribution in [-0.2, 0) is 14.3 Å². The lowest BCUT2D eigenvalue weighted by Gasteiger charge is -2.28. The molecular formula is C21H23N3O4. The number of carbonyl (C=O) groups excluding carboxylic acids is 3. The van der Waals surface area contributed by atoms with Crippen molar-refractivity contribution in [3.8, 4) is 0 Å². The number of anilines is 3. The number of nitrogens with zero attached hydrogens (tertiary/aromatic N) is 1. The van der Waals surface area contributed by atoms with E-state index in [-0.39, 0.29) is 30.8 Å². The summed E-state index contributed by atoms with van der Waals surface area (Å²) in [4.78, 5) is 38.5. The fraction of sp³-hybridized carbons (Fsp3) is 0.286. The third kappa shape index (κ3) is 3.98. The molecule has 0 bridgehead atoms. The fourth-order valence-corrected chi connectivity index (χ4v) is 3.28. The Labute approximate surface area is 163 Å². The number of methoxy groups -OCH3 is 1. The molecule has 0 saturated carbocycles. The molecule has 3 rings (SSSR count). The van der Waals surface area contributed by atoms with Crippen molar-refractivity contribution in [2.45, 2.75) is 26.3 Å². The minimum absolute atomic E-state index is 0.0261. The monoisotopic (exact) mass is 381 g/mol. The Morgan fingerprint density at radius 1 is 1.25 bits per heavy atom. The first-order valence-electron chi connectivity index (χ1n) is 9.04. The molecule has 146 valence electrons. The molecule has 28 heavy (non-hydrogen) atoms. The van der Waals surface area contributed by atoms with Crippen molar-refractivity contribution < 1.29 is 19.1 Å². The second-order valence-corrected chi connectivity index (χ2v) is 6.76. The minimum atomic E-state index is -0.436. The molecule has 0 saturated heterocycles. The second kappa shape index (κ2) is 8.12. The third-order valence-corrected chi connectivity index (χ3v) is 4.72. The van der Waals surface area contributed by atoms with E-state index in [0.29, 0.717) is 22.6 Å². The maximum absolute atomic E-state index is 13.0. The number of rotatable bonds is 4. The number of benzene rings is 2. The van der Waals surface area contributed by atoms with E-state index in [1.54, 1.807) is 29.2 Å². The first kappa shape index (κ1) is 19.4. The molecule has 1 aliphatic rings. The minimum Gasteiger partial charge on any atom is -0.465 e. The molecule has 0 unspecified atom stereocenters. The summed E-state index contributed by atoms with van der Waals surface area (Å²) in [5, 5.41) is 5.95. The number of fused-ring (bicyclic) bond motifs is 1. The molecule has 2 aromatic carbocycles. The molecule has 0 aromatic heterocycles. The second-order valence-electron chi connectivity index (χ2n) is 6.76. The summed E-state index contributed by atoms with van der Waals surface area (Å²) < 4.78 is 4.75. The third-order valence-electron chi connectivity index (χ3n) is 4.72. The molecule has 7 nitrogen and oxygen atoms in total. The Hall–Kier alpha value is -3.35. The van der Waals surface area contributed by atoms with Crippen molar-refractivity contribution in [3.05, 3.63) is 53.6 Å². The van der Waals surface area contributed by atoms with Crippen LogP contribution in [0.3, 0.4) is 0 Å². The molecule has 1 aliphatic heterocycles. The van der Waals surface area contributed by atoms with E-state index in [1.807, 2.05) is 32.0 Å². The summed E-state index contributed by atoms with van der Waals surface area (Å²) in [5.74, 6) is -0.724. The molecule has 0 fully saturated rings. The lowest BCUT2D eigenvalue weighted by atomic mass is 10.1. The highest BCUT2D eigenvalue weighted by molar-refractivity contribution is 6.05. The molecular weight excluding hydrogens is 358 g/mol. The van der Waals surface area contributed by atoms with Crippen molar-refractivity contribution in [1.82, 2.24) is 0 Å². The Morgan fingerprint density at radius 3 is 2.75 bits per heavy atom. The quantitative estimate of drug-likeness (QED) is 0.795. The van der Waals surface area contributed by atoms with Crippen molar-refractivity contribution >= 4 is 34.8 Å². The van der Waals surface area contributed by atoms with Gasteiger partial charge in [0.05, 0.1) is 30.6 Å². The highest BCUT2D eigenvalue weighted by atomic mass is 16.5. The molecule has 2 amide bonds. The summed E-state index contributed by atoms with van der Waals surface area (Å²) in [6, 6.07) is 12.1.